The monoisotopic (exact) mass is 329 g/mol. The Bertz CT molecular complexity index is 819. The van der Waals surface area contributed by atoms with E-state index in [4.69, 9.17) is 9.47 Å². The van der Waals surface area contributed by atoms with E-state index in [0.29, 0.717) is 30.0 Å². The van der Waals surface area contributed by atoms with Crippen molar-refractivity contribution in [2.24, 2.45) is 0 Å². The van der Waals surface area contributed by atoms with Crippen molar-refractivity contribution < 1.29 is 23.5 Å². The summed E-state index contributed by atoms with van der Waals surface area (Å²) in [6.07, 6.45) is 0.615. The second-order valence-electron chi connectivity index (χ2n) is 5.39. The topological polar surface area (TPSA) is 55.8 Å². The molecule has 1 amide bonds. The van der Waals surface area contributed by atoms with Gasteiger partial charge in [-0.15, -0.1) is 0 Å². The van der Waals surface area contributed by atoms with Crippen molar-refractivity contribution in [3.63, 3.8) is 0 Å². The van der Waals surface area contributed by atoms with Gasteiger partial charge in [-0.3, -0.25) is 4.79 Å². The van der Waals surface area contributed by atoms with Gasteiger partial charge in [-0.05, 0) is 48.4 Å². The highest BCUT2D eigenvalue weighted by atomic mass is 19.1. The largest absolute Gasteiger partial charge is 0.496 e. The van der Waals surface area contributed by atoms with Crippen LogP contribution in [0, 0.1) is 5.82 Å². The van der Waals surface area contributed by atoms with E-state index in [0.717, 1.165) is 5.56 Å². The molecule has 0 atom stereocenters. The number of nitrogens with zero attached hydrogens (tertiary/aromatic N) is 1. The average Bonchev–Trinajstić information content (AvgIpc) is 3.03. The third-order valence-corrected chi connectivity index (χ3v) is 4.03. The molecule has 1 heterocycles. The molecular formula is C18H16FNO4. The maximum atomic E-state index is 13.5. The first-order valence-electron chi connectivity index (χ1n) is 7.42. The molecule has 3 rings (SSSR count). The Kier molecular flexibility index (Phi) is 4.20. The van der Waals surface area contributed by atoms with Crippen molar-refractivity contribution in [3.05, 3.63) is 58.9 Å². The number of methoxy groups -OCH3 is 2. The maximum Gasteiger partial charge on any atom is 0.337 e. The lowest BCUT2D eigenvalue weighted by Gasteiger charge is -2.19. The smallest absolute Gasteiger partial charge is 0.337 e. The van der Waals surface area contributed by atoms with E-state index in [1.165, 1.54) is 32.4 Å². The molecule has 0 unspecified atom stereocenters. The molecule has 0 saturated heterocycles. The number of halogens is 1. The minimum atomic E-state index is -0.500. The summed E-state index contributed by atoms with van der Waals surface area (Å²) in [6, 6.07) is 8.88. The van der Waals surface area contributed by atoms with E-state index in [9.17, 15) is 14.0 Å². The van der Waals surface area contributed by atoms with Crippen LogP contribution < -0.4 is 9.64 Å². The van der Waals surface area contributed by atoms with E-state index in [1.807, 2.05) is 0 Å². The van der Waals surface area contributed by atoms with Crippen LogP contribution in [0.15, 0.2) is 36.4 Å². The Hall–Kier alpha value is -2.89. The minimum absolute atomic E-state index is 0.169. The minimum Gasteiger partial charge on any atom is -0.496 e. The van der Waals surface area contributed by atoms with Crippen LogP contribution in [0.5, 0.6) is 5.75 Å². The van der Waals surface area contributed by atoms with Crippen LogP contribution in [0.3, 0.4) is 0 Å². The predicted octanol–water partition coefficient (Wildman–Crippen LogP) is 2.82. The van der Waals surface area contributed by atoms with E-state index in [2.05, 4.69) is 0 Å². The summed E-state index contributed by atoms with van der Waals surface area (Å²) < 4.78 is 23.4. The van der Waals surface area contributed by atoms with Crippen LogP contribution in [-0.4, -0.2) is 32.6 Å². The fraction of sp³-hybridized carbons (Fsp3) is 0.222. The summed E-state index contributed by atoms with van der Waals surface area (Å²) >= 11 is 0. The van der Waals surface area contributed by atoms with Crippen LogP contribution in [0.4, 0.5) is 10.1 Å². The van der Waals surface area contributed by atoms with Gasteiger partial charge in [-0.1, -0.05) is 0 Å². The normalized spacial score (nSPS) is 12.7. The van der Waals surface area contributed by atoms with Crippen molar-refractivity contribution in [1.29, 1.82) is 0 Å². The molecule has 124 valence electrons. The van der Waals surface area contributed by atoms with E-state index >= 15 is 0 Å². The molecule has 2 aromatic rings. The van der Waals surface area contributed by atoms with Gasteiger partial charge in [0.15, 0.2) is 0 Å². The molecule has 1 aliphatic rings. The van der Waals surface area contributed by atoms with Crippen molar-refractivity contribution in [2.75, 3.05) is 25.7 Å². The number of anilines is 1. The lowest BCUT2D eigenvalue weighted by atomic mass is 10.1. The molecule has 0 fully saturated rings. The molecular weight excluding hydrogens is 313 g/mol. The molecule has 1 aliphatic heterocycles. The molecule has 0 saturated carbocycles. The third kappa shape index (κ3) is 2.71. The zero-order valence-corrected chi connectivity index (χ0v) is 13.3. The van der Waals surface area contributed by atoms with Crippen LogP contribution in [0.2, 0.25) is 0 Å². The Morgan fingerprint density at radius 1 is 1.12 bits per heavy atom. The van der Waals surface area contributed by atoms with Gasteiger partial charge in [0, 0.05) is 12.2 Å². The number of fused-ring (bicyclic) bond motifs is 1. The first-order chi connectivity index (χ1) is 11.5. The Morgan fingerprint density at radius 3 is 2.62 bits per heavy atom. The SMILES string of the molecule is COC(=O)c1ccc2c(c1)CCN2C(=O)c1cc(F)ccc1OC. The molecule has 0 bridgehead atoms. The number of carbonyl (C=O) groups is 2. The van der Waals surface area contributed by atoms with Gasteiger partial charge in [-0.2, -0.15) is 0 Å². The summed E-state index contributed by atoms with van der Waals surface area (Å²) in [6.45, 7) is 0.457. The summed E-state index contributed by atoms with van der Waals surface area (Å²) in [5.74, 6) is -0.939. The third-order valence-electron chi connectivity index (χ3n) is 4.03. The average molecular weight is 329 g/mol. The highest BCUT2D eigenvalue weighted by Gasteiger charge is 2.28. The van der Waals surface area contributed by atoms with Gasteiger partial charge in [0.1, 0.15) is 11.6 Å². The van der Waals surface area contributed by atoms with E-state index in [-0.39, 0.29) is 11.5 Å². The molecule has 6 heteroatoms. The van der Waals surface area contributed by atoms with Gasteiger partial charge in [0.2, 0.25) is 0 Å². The number of carbonyl (C=O) groups excluding carboxylic acids is 2. The lowest BCUT2D eigenvalue weighted by Crippen LogP contribution is -2.29. The summed E-state index contributed by atoms with van der Waals surface area (Å²) in [5, 5.41) is 0. The number of hydrogen-bond acceptors (Lipinski definition) is 4. The Balaban J connectivity index is 1.95. The first-order valence-corrected chi connectivity index (χ1v) is 7.42. The quantitative estimate of drug-likeness (QED) is 0.813. The molecule has 2 aromatic carbocycles. The second kappa shape index (κ2) is 6.31. The van der Waals surface area contributed by atoms with E-state index < -0.39 is 11.8 Å². The zero-order chi connectivity index (χ0) is 17.3. The lowest BCUT2D eigenvalue weighted by molar-refractivity contribution is 0.0600. The predicted molar refractivity (Wildman–Crippen MR) is 86.1 cm³/mol. The maximum absolute atomic E-state index is 13.5. The number of ether oxygens (including phenoxy) is 2. The standard InChI is InChI=1S/C18H16FNO4/c1-23-16-6-4-13(19)10-14(16)17(21)20-8-7-11-9-12(18(22)24-2)3-5-15(11)20/h3-6,9-10H,7-8H2,1-2H3. The highest BCUT2D eigenvalue weighted by Crippen LogP contribution is 2.32. The van der Waals surface area contributed by atoms with Crippen LogP contribution in [0.1, 0.15) is 26.3 Å². The molecule has 0 N–H and O–H groups in total. The Morgan fingerprint density at radius 2 is 1.92 bits per heavy atom. The number of benzene rings is 2. The van der Waals surface area contributed by atoms with Gasteiger partial charge < -0.3 is 14.4 Å². The number of esters is 1. The molecule has 5 nitrogen and oxygen atoms in total. The summed E-state index contributed by atoms with van der Waals surface area (Å²) in [7, 11) is 2.76. The fourth-order valence-corrected chi connectivity index (χ4v) is 2.85. The number of hydrogen-bond donors (Lipinski definition) is 0. The van der Waals surface area contributed by atoms with Crippen molar-refractivity contribution in [3.8, 4) is 5.75 Å². The highest BCUT2D eigenvalue weighted by molar-refractivity contribution is 6.09. The van der Waals surface area contributed by atoms with Crippen LogP contribution in [-0.2, 0) is 11.2 Å². The van der Waals surface area contributed by atoms with Crippen LogP contribution >= 0.6 is 0 Å². The van der Waals surface area contributed by atoms with Crippen molar-refractivity contribution >= 4 is 17.6 Å². The summed E-state index contributed by atoms with van der Waals surface area (Å²) in [5.41, 5.74) is 2.19. The molecule has 0 spiro atoms. The molecule has 0 aliphatic carbocycles. The second-order valence-corrected chi connectivity index (χ2v) is 5.39. The first kappa shape index (κ1) is 16.0. The molecule has 24 heavy (non-hydrogen) atoms. The molecule has 0 radical (unpaired) electrons. The van der Waals surface area contributed by atoms with Gasteiger partial charge in [-0.25, -0.2) is 9.18 Å². The number of rotatable bonds is 3. The zero-order valence-electron chi connectivity index (χ0n) is 13.3. The fourth-order valence-electron chi connectivity index (χ4n) is 2.85. The number of amides is 1. The van der Waals surface area contributed by atoms with Crippen molar-refractivity contribution in [1.82, 2.24) is 0 Å². The van der Waals surface area contributed by atoms with Gasteiger partial charge in [0.25, 0.3) is 5.91 Å². The van der Waals surface area contributed by atoms with Gasteiger partial charge >= 0.3 is 5.97 Å². The van der Waals surface area contributed by atoms with Gasteiger partial charge in [0.05, 0.1) is 25.3 Å². The van der Waals surface area contributed by atoms with E-state index in [1.54, 1.807) is 23.1 Å². The Labute approximate surface area is 138 Å². The molecule has 0 aromatic heterocycles. The summed E-state index contributed by atoms with van der Waals surface area (Å²) in [4.78, 5) is 26.0. The van der Waals surface area contributed by atoms with Crippen LogP contribution in [0.25, 0.3) is 0 Å². The van der Waals surface area contributed by atoms with Crippen molar-refractivity contribution in [2.45, 2.75) is 6.42 Å².